The largest absolute Gasteiger partial charge is 0.306 e. The van der Waals surface area contributed by atoms with Crippen molar-refractivity contribution in [2.75, 3.05) is 13.1 Å². The first-order chi connectivity index (χ1) is 39.8. The smallest absolute Gasteiger partial charge is 0.261 e. The lowest BCUT2D eigenvalue weighted by Gasteiger charge is -2.29. The molecule has 2 aliphatic rings. The SMILES string of the molecule is CC.CCCCC.CCCCCCCCC(CCCCCC)CN1C(=O)C2=C(c3ccc(-c4cc(CCCCCC)cs4)s3)N(CC(CCCCCC)CCCCCCCC)C(=O)C2=C1c1ccc(-c2cc(CCCCCC)cs2)s1. The highest BCUT2D eigenvalue weighted by atomic mass is 32.1. The molecule has 0 radical (unpaired) electrons. The van der Waals surface area contributed by atoms with Crippen molar-refractivity contribution in [2.45, 2.75) is 307 Å². The van der Waals surface area contributed by atoms with Crippen LogP contribution in [0.1, 0.15) is 315 Å². The Kier molecular flexibility index (Phi) is 37.5. The maximum absolute atomic E-state index is 15.9. The number of amides is 2. The van der Waals surface area contributed by atoms with Crippen LogP contribution in [0.5, 0.6) is 0 Å². The van der Waals surface area contributed by atoms with Crippen LogP contribution in [0, 0.1) is 11.8 Å². The van der Waals surface area contributed by atoms with E-state index in [1.807, 2.05) is 36.5 Å². The van der Waals surface area contributed by atoms with Gasteiger partial charge in [0.25, 0.3) is 11.8 Å². The summed E-state index contributed by atoms with van der Waals surface area (Å²) in [4.78, 5) is 43.4. The van der Waals surface area contributed by atoms with E-state index in [9.17, 15) is 0 Å². The molecule has 0 saturated heterocycles. The molecule has 0 saturated carbocycles. The summed E-state index contributed by atoms with van der Waals surface area (Å²) in [7, 11) is 0. The van der Waals surface area contributed by atoms with Gasteiger partial charge in [0, 0.05) is 32.6 Å². The zero-order valence-corrected chi connectivity index (χ0v) is 57.0. The van der Waals surface area contributed by atoms with Gasteiger partial charge in [-0.3, -0.25) is 9.59 Å². The predicted octanol–water partition coefficient (Wildman–Crippen LogP) is 25.2. The molecule has 4 nitrogen and oxygen atoms in total. The van der Waals surface area contributed by atoms with Gasteiger partial charge in [-0.05, 0) is 121 Å². The Morgan fingerprint density at radius 3 is 0.951 bits per heavy atom. The van der Waals surface area contributed by atoms with Gasteiger partial charge in [-0.15, -0.1) is 45.3 Å². The first-order valence-electron chi connectivity index (χ1n) is 34.2. The molecule has 4 aromatic rings. The molecule has 6 rings (SSSR count). The number of unbranched alkanes of at least 4 members (excludes halogenated alkanes) is 24. The van der Waals surface area contributed by atoms with Crippen molar-refractivity contribution in [1.29, 1.82) is 0 Å². The van der Waals surface area contributed by atoms with Gasteiger partial charge in [0.1, 0.15) is 0 Å². The van der Waals surface area contributed by atoms with Crippen LogP contribution < -0.4 is 0 Å². The van der Waals surface area contributed by atoms with Crippen LogP contribution in [0.25, 0.3) is 30.9 Å². The molecule has 456 valence electrons. The van der Waals surface area contributed by atoms with Gasteiger partial charge in [-0.1, -0.05) is 255 Å². The summed E-state index contributed by atoms with van der Waals surface area (Å²) >= 11 is 7.28. The minimum atomic E-state index is 0.0543. The number of carbonyl (C=O) groups excluding carboxylic acids is 2. The van der Waals surface area contributed by atoms with Crippen LogP contribution >= 0.6 is 45.3 Å². The van der Waals surface area contributed by atoms with Crippen molar-refractivity contribution in [1.82, 2.24) is 9.80 Å². The fraction of sp³-hybridized carbons (Fsp3) is 0.699. The van der Waals surface area contributed by atoms with Crippen LogP contribution in [-0.2, 0) is 22.4 Å². The molecule has 6 heterocycles. The van der Waals surface area contributed by atoms with E-state index in [0.29, 0.717) is 36.1 Å². The number of carbonyl (C=O) groups is 2. The van der Waals surface area contributed by atoms with E-state index < -0.39 is 0 Å². The molecule has 8 heteroatoms. The standard InChI is InChI=1S/C66H100N2O2S4.C5H12.C2H6/c1-7-13-19-25-27-33-37-51(35-29-21-15-9-3)47-67-63(57-43-41-55(73-57)59-45-53(49-71-59)39-31-23-17-11-5)61-62(65(67)69)64(58-44-42-56(74-58)60-46-54(50-72-60)40-32-24-18-12-6)68(66(61)70)48-52(36-30-22-16-10-4)38-34-28-26-20-14-8-2;1-3-5-4-2;1-2/h41-46,49-52H,7-40,47-48H2,1-6H3;3-5H2,1-2H3;1-2H3. The molecular weight excluding hydrogens is 1070 g/mol. The second-order valence-corrected chi connectivity index (χ2v) is 27.8. The lowest BCUT2D eigenvalue weighted by atomic mass is 9.93. The lowest BCUT2D eigenvalue weighted by molar-refractivity contribution is -0.124. The quantitative estimate of drug-likeness (QED) is 0.0414. The molecule has 2 atom stereocenters. The fourth-order valence-corrected chi connectivity index (χ4v) is 16.1. The molecule has 4 aromatic heterocycles. The molecule has 0 aromatic carbocycles. The number of fused-ring (bicyclic) bond motifs is 1. The van der Waals surface area contributed by atoms with Crippen LogP contribution in [0.3, 0.4) is 0 Å². The highest BCUT2D eigenvalue weighted by Crippen LogP contribution is 2.51. The molecule has 81 heavy (non-hydrogen) atoms. The van der Waals surface area contributed by atoms with Crippen molar-refractivity contribution in [3.8, 4) is 19.5 Å². The van der Waals surface area contributed by atoms with Crippen molar-refractivity contribution in [2.24, 2.45) is 11.8 Å². The normalized spacial score (nSPS) is 14.0. The summed E-state index contributed by atoms with van der Waals surface area (Å²) in [6, 6.07) is 13.9. The third-order valence-corrected chi connectivity index (χ3v) is 21.3. The van der Waals surface area contributed by atoms with Crippen molar-refractivity contribution in [3.05, 3.63) is 79.2 Å². The van der Waals surface area contributed by atoms with Crippen LogP contribution in [0.4, 0.5) is 0 Å². The minimum Gasteiger partial charge on any atom is -0.306 e. The minimum absolute atomic E-state index is 0.0543. The number of aryl methyl sites for hydroxylation is 2. The van der Waals surface area contributed by atoms with Gasteiger partial charge >= 0.3 is 0 Å². The summed E-state index contributed by atoms with van der Waals surface area (Å²) in [5.74, 6) is 0.899. The Balaban J connectivity index is 0.00000191. The first kappa shape index (κ1) is 70.7. The third-order valence-electron chi connectivity index (χ3n) is 16.7. The van der Waals surface area contributed by atoms with E-state index in [4.69, 9.17) is 0 Å². The Bertz CT molecular complexity index is 2180. The van der Waals surface area contributed by atoms with Gasteiger partial charge in [0.05, 0.1) is 32.3 Å². The summed E-state index contributed by atoms with van der Waals surface area (Å²) in [6.45, 7) is 23.5. The monoisotopic (exact) mass is 1180 g/mol. The molecular formula is C73H118N2O2S4. The topological polar surface area (TPSA) is 40.6 Å². The zero-order valence-electron chi connectivity index (χ0n) is 53.7. The van der Waals surface area contributed by atoms with E-state index in [0.717, 1.165) is 59.7 Å². The van der Waals surface area contributed by atoms with Crippen molar-refractivity contribution >= 4 is 68.6 Å². The number of rotatable bonds is 44. The van der Waals surface area contributed by atoms with Crippen molar-refractivity contribution < 1.29 is 9.59 Å². The van der Waals surface area contributed by atoms with Crippen LogP contribution in [-0.4, -0.2) is 34.7 Å². The Morgan fingerprint density at radius 2 is 0.630 bits per heavy atom. The Labute approximate surface area is 514 Å². The van der Waals surface area contributed by atoms with Gasteiger partial charge in [-0.25, -0.2) is 0 Å². The molecule has 0 N–H and O–H groups in total. The zero-order chi connectivity index (χ0) is 58.5. The highest BCUT2D eigenvalue weighted by molar-refractivity contribution is 7.22. The molecule has 0 bridgehead atoms. The number of nitrogens with zero attached hydrogens (tertiary/aromatic N) is 2. The maximum atomic E-state index is 15.9. The molecule has 2 unspecified atom stereocenters. The molecule has 0 spiro atoms. The van der Waals surface area contributed by atoms with E-state index in [-0.39, 0.29) is 11.8 Å². The maximum Gasteiger partial charge on any atom is 0.261 e. The Hall–Kier alpha value is -2.78. The number of hydrogen-bond donors (Lipinski definition) is 0. The lowest BCUT2D eigenvalue weighted by Crippen LogP contribution is -2.34. The van der Waals surface area contributed by atoms with E-state index in [1.165, 1.54) is 230 Å². The summed E-state index contributed by atoms with van der Waals surface area (Å²) in [5, 5.41) is 4.71. The van der Waals surface area contributed by atoms with Gasteiger partial charge in [-0.2, -0.15) is 0 Å². The second kappa shape index (κ2) is 42.9. The van der Waals surface area contributed by atoms with E-state index in [1.54, 1.807) is 22.7 Å². The van der Waals surface area contributed by atoms with Gasteiger partial charge in [0.2, 0.25) is 0 Å². The van der Waals surface area contributed by atoms with E-state index >= 15 is 9.59 Å². The second-order valence-electron chi connectivity index (χ2n) is 23.8. The molecule has 2 aliphatic heterocycles. The summed E-state index contributed by atoms with van der Waals surface area (Å²) in [6.07, 6.45) is 46.2. The molecule has 2 amide bonds. The number of thiophene rings is 4. The molecule has 0 fully saturated rings. The summed E-state index contributed by atoms with van der Waals surface area (Å²) in [5.41, 5.74) is 5.99. The van der Waals surface area contributed by atoms with Gasteiger partial charge in [0.15, 0.2) is 0 Å². The predicted molar refractivity (Wildman–Crippen MR) is 365 cm³/mol. The Morgan fingerprint density at radius 1 is 0.346 bits per heavy atom. The highest BCUT2D eigenvalue weighted by Gasteiger charge is 2.50. The first-order valence-corrected chi connectivity index (χ1v) is 37.6. The fourth-order valence-electron chi connectivity index (χ4n) is 11.9. The van der Waals surface area contributed by atoms with Crippen molar-refractivity contribution in [3.63, 3.8) is 0 Å². The third kappa shape index (κ3) is 23.9. The van der Waals surface area contributed by atoms with Crippen LogP contribution in [0.15, 0.2) is 58.3 Å². The van der Waals surface area contributed by atoms with Crippen LogP contribution in [0.2, 0.25) is 0 Å². The average molecular weight is 1180 g/mol. The van der Waals surface area contributed by atoms with Gasteiger partial charge < -0.3 is 9.80 Å². The number of hydrogen-bond acceptors (Lipinski definition) is 6. The van der Waals surface area contributed by atoms with E-state index in [2.05, 4.69) is 112 Å². The average Bonchev–Trinajstić information content (AvgIpc) is 4.14. The summed E-state index contributed by atoms with van der Waals surface area (Å²) < 4.78 is 0. The molecule has 0 aliphatic carbocycles.